The average molecular weight is 276 g/mol. The molecule has 1 aliphatic carbocycles. The Kier molecular flexibility index (Phi) is 4.70. The maximum atomic E-state index is 11.4. The molecule has 0 saturated heterocycles. The molecule has 0 atom stereocenters. The molecule has 1 saturated carbocycles. The van der Waals surface area contributed by atoms with E-state index < -0.39 is 5.97 Å². The van der Waals surface area contributed by atoms with Gasteiger partial charge in [0.15, 0.2) is 0 Å². The third-order valence-corrected chi connectivity index (χ3v) is 2.70. The van der Waals surface area contributed by atoms with E-state index in [4.69, 9.17) is 9.84 Å². The second-order valence-corrected chi connectivity index (χ2v) is 4.53. The first-order valence-electron chi connectivity index (χ1n) is 6.43. The first kappa shape index (κ1) is 14.0. The number of carbonyl (C=O) groups is 2. The zero-order chi connectivity index (χ0) is 14.4. The third-order valence-electron chi connectivity index (χ3n) is 2.70. The second-order valence-electron chi connectivity index (χ2n) is 4.53. The number of pyridine rings is 1. The molecule has 1 heterocycles. The Hall–Kier alpha value is -2.37. The number of nitrogens with zero attached hydrogens (tertiary/aromatic N) is 1. The Balaban J connectivity index is 1.72. The summed E-state index contributed by atoms with van der Waals surface area (Å²) in [6.45, 7) is 0.296. The van der Waals surface area contributed by atoms with Crippen LogP contribution in [0.4, 0.5) is 0 Å². The monoisotopic (exact) mass is 276 g/mol. The molecule has 1 fully saturated rings. The van der Waals surface area contributed by atoms with E-state index in [2.05, 4.69) is 10.3 Å². The van der Waals surface area contributed by atoms with Crippen LogP contribution in [0.2, 0.25) is 0 Å². The van der Waals surface area contributed by atoms with Gasteiger partial charge in [0.25, 0.3) is 0 Å². The highest BCUT2D eigenvalue weighted by atomic mass is 16.5. The minimum atomic E-state index is -1.02. The van der Waals surface area contributed by atoms with E-state index in [0.29, 0.717) is 30.5 Å². The van der Waals surface area contributed by atoms with E-state index in [1.54, 1.807) is 12.1 Å². The fourth-order valence-electron chi connectivity index (χ4n) is 1.52. The third kappa shape index (κ3) is 5.09. The van der Waals surface area contributed by atoms with Crippen LogP contribution in [0.1, 0.15) is 25.0 Å². The standard InChI is InChI=1S/C14H16N2O4/c17-13(16-11-1-2-11)7-8-20-12-5-3-10(15-9-12)4-6-14(18)19/h3-6,9,11H,1-2,7-8H2,(H,16,17)(H,18,19)/b6-4+. The molecule has 1 amide bonds. The molecule has 2 rings (SSSR count). The van der Waals surface area contributed by atoms with Crippen molar-refractivity contribution >= 4 is 18.0 Å². The number of carboxylic acids is 1. The lowest BCUT2D eigenvalue weighted by Crippen LogP contribution is -2.26. The smallest absolute Gasteiger partial charge is 0.328 e. The van der Waals surface area contributed by atoms with Crippen LogP contribution in [-0.4, -0.2) is 34.6 Å². The molecule has 0 unspecified atom stereocenters. The maximum Gasteiger partial charge on any atom is 0.328 e. The molecule has 0 aromatic carbocycles. The summed E-state index contributed by atoms with van der Waals surface area (Å²) in [6.07, 6.45) is 6.38. The number of carboxylic acid groups (broad SMARTS) is 1. The van der Waals surface area contributed by atoms with Gasteiger partial charge in [-0.2, -0.15) is 0 Å². The van der Waals surface area contributed by atoms with Crippen molar-refractivity contribution in [3.8, 4) is 5.75 Å². The van der Waals surface area contributed by atoms with Crippen LogP contribution in [-0.2, 0) is 9.59 Å². The Morgan fingerprint density at radius 2 is 2.25 bits per heavy atom. The average Bonchev–Trinajstić information content (AvgIpc) is 3.21. The largest absolute Gasteiger partial charge is 0.491 e. The number of aliphatic carboxylic acids is 1. The van der Waals surface area contributed by atoms with Gasteiger partial charge in [0.2, 0.25) is 5.91 Å². The number of ether oxygens (including phenoxy) is 1. The van der Waals surface area contributed by atoms with E-state index in [1.807, 2.05) is 0 Å². The van der Waals surface area contributed by atoms with E-state index >= 15 is 0 Å². The summed E-state index contributed by atoms with van der Waals surface area (Å²) in [4.78, 5) is 25.8. The van der Waals surface area contributed by atoms with Gasteiger partial charge >= 0.3 is 5.97 Å². The molecule has 1 aliphatic rings. The van der Waals surface area contributed by atoms with Gasteiger partial charge in [-0.25, -0.2) is 4.79 Å². The summed E-state index contributed by atoms with van der Waals surface area (Å²) < 4.78 is 5.40. The molecule has 20 heavy (non-hydrogen) atoms. The van der Waals surface area contributed by atoms with Crippen LogP contribution < -0.4 is 10.1 Å². The van der Waals surface area contributed by atoms with Gasteiger partial charge in [-0.1, -0.05) is 0 Å². The molecule has 2 N–H and O–H groups in total. The summed E-state index contributed by atoms with van der Waals surface area (Å²) in [5.41, 5.74) is 0.534. The quantitative estimate of drug-likeness (QED) is 0.731. The summed E-state index contributed by atoms with van der Waals surface area (Å²) in [5.74, 6) is -0.466. The first-order valence-corrected chi connectivity index (χ1v) is 6.43. The van der Waals surface area contributed by atoms with E-state index in [0.717, 1.165) is 18.9 Å². The molecular weight excluding hydrogens is 260 g/mol. The predicted octanol–water partition coefficient (Wildman–Crippen LogP) is 1.23. The normalized spacial score (nSPS) is 14.2. The highest BCUT2D eigenvalue weighted by Crippen LogP contribution is 2.18. The zero-order valence-corrected chi connectivity index (χ0v) is 10.9. The molecule has 0 bridgehead atoms. The lowest BCUT2D eigenvalue weighted by molar-refractivity contribution is -0.131. The Bertz CT molecular complexity index is 506. The van der Waals surface area contributed by atoms with E-state index in [9.17, 15) is 9.59 Å². The highest BCUT2D eigenvalue weighted by molar-refractivity contribution is 5.84. The second kappa shape index (κ2) is 6.70. The molecule has 0 aliphatic heterocycles. The van der Waals surface area contributed by atoms with Crippen LogP contribution in [0.15, 0.2) is 24.4 Å². The molecule has 0 spiro atoms. The van der Waals surface area contributed by atoms with Gasteiger partial charge in [0, 0.05) is 12.1 Å². The first-order chi connectivity index (χ1) is 9.63. The van der Waals surface area contributed by atoms with Gasteiger partial charge in [-0.05, 0) is 31.1 Å². The number of aromatic nitrogens is 1. The molecule has 1 aromatic heterocycles. The predicted molar refractivity (Wildman–Crippen MR) is 72.2 cm³/mol. The van der Waals surface area contributed by atoms with Crippen molar-refractivity contribution in [1.82, 2.24) is 10.3 Å². The van der Waals surface area contributed by atoms with E-state index in [1.165, 1.54) is 12.3 Å². The van der Waals surface area contributed by atoms with Crippen molar-refractivity contribution in [2.45, 2.75) is 25.3 Å². The van der Waals surface area contributed by atoms with Crippen LogP contribution in [0.25, 0.3) is 6.08 Å². The van der Waals surface area contributed by atoms with Gasteiger partial charge in [0.1, 0.15) is 5.75 Å². The number of hydrogen-bond donors (Lipinski definition) is 2. The summed E-state index contributed by atoms with van der Waals surface area (Å²) in [5, 5.41) is 11.4. The lowest BCUT2D eigenvalue weighted by atomic mass is 10.3. The number of rotatable bonds is 7. The van der Waals surface area contributed by atoms with Crippen LogP contribution in [0.5, 0.6) is 5.75 Å². The fraction of sp³-hybridized carbons (Fsp3) is 0.357. The number of carbonyl (C=O) groups excluding carboxylic acids is 1. The number of hydrogen-bond acceptors (Lipinski definition) is 4. The number of amides is 1. The summed E-state index contributed by atoms with van der Waals surface area (Å²) >= 11 is 0. The minimum absolute atomic E-state index is 0.00136. The fourth-order valence-corrected chi connectivity index (χ4v) is 1.52. The van der Waals surface area contributed by atoms with Gasteiger partial charge in [-0.3, -0.25) is 9.78 Å². The van der Waals surface area contributed by atoms with Crippen LogP contribution in [0, 0.1) is 0 Å². The number of nitrogens with one attached hydrogen (secondary N) is 1. The maximum absolute atomic E-state index is 11.4. The van der Waals surface area contributed by atoms with Crippen molar-refractivity contribution < 1.29 is 19.4 Å². The SMILES string of the molecule is O=C(O)/C=C/c1ccc(OCCC(=O)NC2CC2)cn1. The van der Waals surface area contributed by atoms with Gasteiger partial charge in [0.05, 0.1) is 24.9 Å². The zero-order valence-electron chi connectivity index (χ0n) is 10.9. The minimum Gasteiger partial charge on any atom is -0.491 e. The molecule has 6 nitrogen and oxygen atoms in total. The summed E-state index contributed by atoms with van der Waals surface area (Å²) in [7, 11) is 0. The topological polar surface area (TPSA) is 88.5 Å². The molecule has 106 valence electrons. The Morgan fingerprint density at radius 1 is 1.45 bits per heavy atom. The van der Waals surface area contributed by atoms with E-state index in [-0.39, 0.29) is 5.91 Å². The Labute approximate surface area is 116 Å². The molecule has 6 heteroatoms. The summed E-state index contributed by atoms with van der Waals surface area (Å²) in [6, 6.07) is 3.70. The highest BCUT2D eigenvalue weighted by Gasteiger charge is 2.22. The molecule has 0 radical (unpaired) electrons. The Morgan fingerprint density at radius 3 is 2.85 bits per heavy atom. The van der Waals surface area contributed by atoms with Crippen molar-refractivity contribution in [2.24, 2.45) is 0 Å². The molecule has 1 aromatic rings. The van der Waals surface area contributed by atoms with Crippen LogP contribution >= 0.6 is 0 Å². The van der Waals surface area contributed by atoms with Crippen molar-refractivity contribution in [3.63, 3.8) is 0 Å². The van der Waals surface area contributed by atoms with Crippen LogP contribution in [0.3, 0.4) is 0 Å². The van der Waals surface area contributed by atoms with Crippen molar-refractivity contribution in [1.29, 1.82) is 0 Å². The van der Waals surface area contributed by atoms with Crippen molar-refractivity contribution in [3.05, 3.63) is 30.1 Å². The van der Waals surface area contributed by atoms with Gasteiger partial charge in [-0.15, -0.1) is 0 Å². The molecular formula is C14H16N2O4. The lowest BCUT2D eigenvalue weighted by Gasteiger charge is -2.06. The van der Waals surface area contributed by atoms with Gasteiger partial charge < -0.3 is 15.2 Å². The van der Waals surface area contributed by atoms with Crippen molar-refractivity contribution in [2.75, 3.05) is 6.61 Å².